The zero-order valence-electron chi connectivity index (χ0n) is 77.5. The number of fused-ring (bicyclic) bond motifs is 3. The Morgan fingerprint density at radius 3 is 1.16 bits per heavy atom. The molecule has 3 aliphatic rings. The highest BCUT2D eigenvalue weighted by atomic mass is 31.2. The van der Waals surface area contributed by atoms with Gasteiger partial charge in [0.2, 0.25) is 17.8 Å². The Morgan fingerprint density at radius 1 is 0.504 bits per heavy atom. The molecule has 15 N–H and O–H groups in total. The smallest absolute Gasteiger partial charge is 0.408 e. The van der Waals surface area contributed by atoms with E-state index in [4.69, 9.17) is 75.2 Å². The minimum Gasteiger partial charge on any atom is -0.463 e. The van der Waals surface area contributed by atoms with E-state index in [0.29, 0.717) is 56.4 Å². The van der Waals surface area contributed by atoms with Crippen LogP contribution in [0.2, 0.25) is 0 Å². The molecule has 3 aliphatic carbocycles. The number of aromatic amines is 3. The number of anilines is 3. The monoisotopic (exact) mass is 1860 g/mol. The fourth-order valence-corrected chi connectivity index (χ4v) is 18.1. The molecule has 12 atom stereocenters. The third-order valence-electron chi connectivity index (χ3n) is 22.0. The van der Waals surface area contributed by atoms with Crippen molar-refractivity contribution in [2.24, 2.45) is 69.1 Å². The first-order chi connectivity index (χ1) is 61.6. The number of nitrogens with zero attached hydrogens (tertiary/aromatic N) is 9. The number of carbonyl (C=O) groups is 6. The summed E-state index contributed by atoms with van der Waals surface area (Å²) in [6, 6.07) is 14.6. The lowest BCUT2D eigenvalue weighted by Gasteiger charge is -2.27. The van der Waals surface area contributed by atoms with E-state index in [-0.39, 0.29) is 145 Å². The number of rotatable bonds is 43. The van der Waals surface area contributed by atoms with Gasteiger partial charge in [0, 0.05) is 18.6 Å². The number of aromatic nitrogens is 12. The van der Waals surface area contributed by atoms with E-state index in [0.717, 1.165) is 29.6 Å². The summed E-state index contributed by atoms with van der Waals surface area (Å²) in [7, 11) is -8.08. The van der Waals surface area contributed by atoms with Crippen LogP contribution in [0.3, 0.4) is 0 Å². The van der Waals surface area contributed by atoms with Crippen LogP contribution in [0.4, 0.5) is 22.6 Å². The number of alkyl carbamates (subject to hydrolysis) is 1. The summed E-state index contributed by atoms with van der Waals surface area (Å²) < 4.78 is 92.2. The summed E-state index contributed by atoms with van der Waals surface area (Å²) in [5.41, 5.74) is 27.9. The number of imidazole rings is 3. The number of hydrogen-bond acceptors (Lipinski definition) is 33. The third-order valence-corrected chi connectivity index (χ3v) is 25.8. The van der Waals surface area contributed by atoms with Crippen molar-refractivity contribution < 1.29 is 89.5 Å². The van der Waals surface area contributed by atoms with Crippen LogP contribution >= 0.6 is 15.2 Å². The van der Waals surface area contributed by atoms with Gasteiger partial charge in [-0.1, -0.05) is 132 Å². The van der Waals surface area contributed by atoms with Gasteiger partial charge in [0.05, 0.1) is 72.4 Å². The largest absolute Gasteiger partial charge is 0.463 e. The second-order valence-corrected chi connectivity index (χ2v) is 40.8. The van der Waals surface area contributed by atoms with Crippen molar-refractivity contribution in [2.75, 3.05) is 69.2 Å². The quantitative estimate of drug-likeness (QED) is 0.00964. The summed E-state index contributed by atoms with van der Waals surface area (Å²) in [5, 5.41) is 12.5. The molecule has 0 unspecified atom stereocenters. The number of benzene rings is 2. The lowest BCUT2D eigenvalue weighted by atomic mass is 9.99. The van der Waals surface area contributed by atoms with E-state index in [1.807, 2.05) is 83.1 Å². The van der Waals surface area contributed by atoms with E-state index in [1.54, 1.807) is 123 Å². The van der Waals surface area contributed by atoms with Gasteiger partial charge < -0.3 is 76.6 Å². The van der Waals surface area contributed by atoms with Crippen molar-refractivity contribution in [1.29, 1.82) is 0 Å². The molecule has 131 heavy (non-hydrogen) atoms. The standard InChI is InChI=1S/2C34H49N6O8P.C21H30N6O6/c2*1-7-11-23(6)47-31(42)24(14-21(2)3)17-49(44,48-26-12-9-8-10-13-26)46-19-34(18-45-32(43)27(35)22(4)5)15-25(34)16-40-20-37-28-29(40)38-33(36)39-30(28)41;1-11(2)13(24-19(31)33-20(3,4)5)17(30)32-9-21(8-28)6-12(21)7-27-10-23-14-15(27)25-18(22)26-16(14)29/h2*8-10,12-13,16,20-24,27H,7,11,14-15,17-19,35H2,1-6H3,(H3,36,38,39,41);7,10-11,13,28H,6,8-9H2,1-5H3,(H,24,31)(H3,22,25,26,29)/b2*25-16-;12-7-/t23-,24+,27+,34-,49-;23-,24+,27-,34-,49-;13-,21+/m000/s1. The molecule has 0 bridgehead atoms. The molecule has 6 aromatic heterocycles. The normalized spacial score (nSPS) is 19.9. The van der Waals surface area contributed by atoms with E-state index < -0.39 is 120 Å². The number of para-hydroxylation sites is 2. The van der Waals surface area contributed by atoms with Gasteiger partial charge in [-0.25, -0.2) is 33.7 Å². The maximum atomic E-state index is 14.7. The summed E-state index contributed by atoms with van der Waals surface area (Å²) in [6.07, 6.45) is 12.8. The predicted octanol–water partition coefficient (Wildman–Crippen LogP) is 11.3. The minimum absolute atomic E-state index is 0.0389. The number of carbonyl (C=O) groups excluding carboxylic acids is 6. The van der Waals surface area contributed by atoms with Gasteiger partial charge in [0.25, 0.3) is 16.7 Å². The fourth-order valence-electron chi connectivity index (χ4n) is 14.2. The maximum Gasteiger partial charge on any atom is 0.408 e. The molecule has 716 valence electrons. The molecular weight excluding hydrogens is 1740 g/mol. The van der Waals surface area contributed by atoms with E-state index >= 15 is 0 Å². The summed E-state index contributed by atoms with van der Waals surface area (Å²) in [6.45, 7) is 30.7. The van der Waals surface area contributed by atoms with Crippen LogP contribution in [0, 0.1) is 57.7 Å². The first-order valence-corrected chi connectivity index (χ1v) is 47.4. The number of amides is 1. The Balaban J connectivity index is 0.000000226. The van der Waals surface area contributed by atoms with E-state index in [9.17, 15) is 57.4 Å². The highest BCUT2D eigenvalue weighted by Crippen LogP contribution is 2.61. The molecule has 0 spiro atoms. The number of aliphatic hydroxyl groups excluding tert-OH is 1. The highest BCUT2D eigenvalue weighted by Gasteiger charge is 2.55. The van der Waals surface area contributed by atoms with Crippen LogP contribution in [0.1, 0.15) is 175 Å². The van der Waals surface area contributed by atoms with Gasteiger partial charge in [-0.05, 0) is 150 Å². The summed E-state index contributed by atoms with van der Waals surface area (Å²) in [4.78, 5) is 146. The Morgan fingerprint density at radius 2 is 0.840 bits per heavy atom. The van der Waals surface area contributed by atoms with E-state index in [2.05, 4.69) is 50.2 Å². The van der Waals surface area contributed by atoms with Crippen molar-refractivity contribution in [2.45, 2.75) is 211 Å². The fraction of sp³-hybridized carbons (Fsp3) is 0.562. The molecule has 42 heteroatoms. The molecule has 3 saturated carbocycles. The summed E-state index contributed by atoms with van der Waals surface area (Å²) >= 11 is 0. The number of hydrogen-bond donors (Lipinski definition) is 10. The molecule has 0 radical (unpaired) electrons. The minimum atomic E-state index is -4.04. The maximum absolute atomic E-state index is 14.7. The zero-order valence-corrected chi connectivity index (χ0v) is 79.3. The zero-order chi connectivity index (χ0) is 96.4. The molecule has 40 nitrogen and oxygen atoms in total. The van der Waals surface area contributed by atoms with Crippen LogP contribution in [0.25, 0.3) is 52.1 Å². The van der Waals surface area contributed by atoms with Crippen molar-refractivity contribution in [3.05, 3.63) is 127 Å². The summed E-state index contributed by atoms with van der Waals surface area (Å²) in [5.74, 6) is -4.13. The van der Waals surface area contributed by atoms with Crippen molar-refractivity contribution in [1.82, 2.24) is 63.9 Å². The van der Waals surface area contributed by atoms with E-state index in [1.165, 1.54) is 23.5 Å². The van der Waals surface area contributed by atoms with Gasteiger partial charge in [-0.3, -0.25) is 71.3 Å². The molecule has 6 heterocycles. The molecule has 2 aromatic carbocycles. The lowest BCUT2D eigenvalue weighted by Crippen LogP contribution is -2.47. The lowest BCUT2D eigenvalue weighted by molar-refractivity contribution is -0.154. The number of esters is 5. The molecule has 11 rings (SSSR count). The Hall–Kier alpha value is -11.4. The van der Waals surface area contributed by atoms with Crippen LogP contribution in [0.15, 0.2) is 111 Å². The number of aliphatic hydroxyl groups is 1. The average Bonchev–Trinajstić information content (AvgIpc) is 1.62. The highest BCUT2D eigenvalue weighted by molar-refractivity contribution is 7.54. The molecule has 3 fully saturated rings. The molecular formula is C89H128N18O22P2. The van der Waals surface area contributed by atoms with Gasteiger partial charge in [-0.15, -0.1) is 0 Å². The molecule has 1 amide bonds. The van der Waals surface area contributed by atoms with Gasteiger partial charge in [0.1, 0.15) is 74.0 Å². The average molecular weight is 1860 g/mol. The second kappa shape index (κ2) is 44.7. The van der Waals surface area contributed by atoms with Crippen LogP contribution in [0.5, 0.6) is 11.5 Å². The molecule has 8 aromatic rings. The number of nitrogens with two attached hydrogens (primary N) is 5. The van der Waals surface area contributed by atoms with Crippen molar-refractivity contribution in [3.63, 3.8) is 0 Å². The van der Waals surface area contributed by atoms with Gasteiger partial charge in [-0.2, -0.15) is 15.0 Å². The van der Waals surface area contributed by atoms with Crippen LogP contribution in [-0.4, -0.2) is 188 Å². The molecule has 0 saturated heterocycles. The Bertz CT molecular complexity index is 5450. The first kappa shape index (κ1) is 103. The number of nitrogen functional groups attached to an aromatic ring is 3. The Kier molecular flexibility index (Phi) is 35.2. The number of H-pyrrole nitrogens is 3. The van der Waals surface area contributed by atoms with Gasteiger partial charge >= 0.3 is 51.1 Å². The molecule has 0 aliphatic heterocycles. The number of nitrogens with one attached hydrogen (secondary N) is 4. The first-order valence-electron chi connectivity index (χ1n) is 43.9. The third kappa shape index (κ3) is 28.8. The SMILES string of the molecule is CC(C)[C@H](NC(=O)OC(C)(C)C)C(=O)OC[C@]1(CO)C/C1=C/n1cnc2c(=O)[nH]c(N)nc21.CCC[C@H](C)OC(=O)[C@H](CC(C)C)C[P@](=O)(OC[C@@]1(COC(=O)[C@@H](N)C(C)C)C/C1=C/n1cnc2c(=O)[nH]c(N)nc21)Oc1ccccc1.CCC[C@H](C)OC(=O)[C@H](CC(C)C)C[P@](=O)(OC[C@@]1(COC(=O)[C@H](N)C(C)C)C/C1=C/n1cnc2c(=O)[nH]c(N)nc21)Oc1ccccc1. The Labute approximate surface area is 759 Å². The van der Waals surface area contributed by atoms with Crippen LogP contribution < -0.4 is 59.7 Å². The van der Waals surface area contributed by atoms with Crippen LogP contribution in [-0.2, 0) is 70.6 Å². The predicted molar refractivity (Wildman–Crippen MR) is 493 cm³/mol. The number of ether oxygens (including phenoxy) is 6. The van der Waals surface area contributed by atoms with Crippen molar-refractivity contribution in [3.8, 4) is 11.5 Å². The van der Waals surface area contributed by atoms with Gasteiger partial charge in [0.15, 0.2) is 33.5 Å². The second-order valence-electron chi connectivity index (χ2n) is 36.7. The van der Waals surface area contributed by atoms with Crippen molar-refractivity contribution >= 4 is 121 Å². The topological polar surface area (TPSA) is 582 Å².